The van der Waals surface area contributed by atoms with Gasteiger partial charge in [-0.15, -0.1) is 11.3 Å². The number of rotatable bonds is 5. The van der Waals surface area contributed by atoms with Gasteiger partial charge in [0.1, 0.15) is 0 Å². The smallest absolute Gasteiger partial charge is 0.320 e. The van der Waals surface area contributed by atoms with Gasteiger partial charge < -0.3 is 9.47 Å². The third-order valence-electron chi connectivity index (χ3n) is 3.10. The summed E-state index contributed by atoms with van der Waals surface area (Å²) in [4.78, 5) is 23.8. The molecule has 0 radical (unpaired) electrons. The Kier molecular flexibility index (Phi) is 5.36. The van der Waals surface area contributed by atoms with E-state index in [4.69, 9.17) is 9.47 Å². The van der Waals surface area contributed by atoms with Gasteiger partial charge in [0.25, 0.3) is 0 Å². The zero-order valence-electron chi connectivity index (χ0n) is 11.7. The molecule has 1 atom stereocenters. The van der Waals surface area contributed by atoms with E-state index in [9.17, 15) is 9.59 Å². The van der Waals surface area contributed by atoms with E-state index in [0.29, 0.717) is 0 Å². The molecule has 1 aromatic heterocycles. The molecule has 0 fully saturated rings. The number of fused-ring (bicyclic) bond motifs is 1. The van der Waals surface area contributed by atoms with E-state index < -0.39 is 17.9 Å². The lowest BCUT2D eigenvalue weighted by atomic mass is 9.99. The van der Waals surface area contributed by atoms with Crippen molar-refractivity contribution in [1.29, 1.82) is 0 Å². The molecule has 1 aromatic carbocycles. The standard InChI is InChI=1S/C15H15BrO4S/c1-3-20-15(18)12(14(17)19-2)6-9-8-21-13-5-4-10(16)7-11(9)13/h4-5,7-8,12H,3,6H2,1-2H3. The van der Waals surface area contributed by atoms with Gasteiger partial charge >= 0.3 is 11.9 Å². The van der Waals surface area contributed by atoms with Gasteiger partial charge in [0.15, 0.2) is 5.92 Å². The lowest BCUT2D eigenvalue weighted by Gasteiger charge is -2.13. The largest absolute Gasteiger partial charge is 0.468 e. The molecule has 0 aliphatic rings. The lowest BCUT2D eigenvalue weighted by molar-refractivity contribution is -0.160. The highest BCUT2D eigenvalue weighted by Gasteiger charge is 2.30. The molecule has 6 heteroatoms. The van der Waals surface area contributed by atoms with Crippen molar-refractivity contribution >= 4 is 49.3 Å². The maximum atomic E-state index is 11.9. The Hall–Kier alpha value is -1.40. The van der Waals surface area contributed by atoms with Crippen molar-refractivity contribution in [3.8, 4) is 0 Å². The van der Waals surface area contributed by atoms with Crippen LogP contribution in [0.25, 0.3) is 10.1 Å². The number of carbonyl (C=O) groups is 2. The Labute approximate surface area is 135 Å². The Morgan fingerprint density at radius 1 is 1.33 bits per heavy atom. The summed E-state index contributed by atoms with van der Waals surface area (Å²) in [5, 5.41) is 3.00. The van der Waals surface area contributed by atoms with Crippen molar-refractivity contribution in [2.45, 2.75) is 13.3 Å². The minimum absolute atomic E-state index is 0.238. The molecule has 0 bridgehead atoms. The normalized spacial score (nSPS) is 12.1. The predicted octanol–water partition coefficient (Wildman–Crippen LogP) is 3.56. The summed E-state index contributed by atoms with van der Waals surface area (Å²) >= 11 is 5.02. The molecular formula is C15H15BrO4S. The van der Waals surface area contributed by atoms with Gasteiger partial charge in [-0.2, -0.15) is 0 Å². The van der Waals surface area contributed by atoms with E-state index in [1.807, 2.05) is 23.6 Å². The molecule has 21 heavy (non-hydrogen) atoms. The molecule has 0 saturated carbocycles. The number of benzene rings is 1. The van der Waals surface area contributed by atoms with Crippen LogP contribution in [0.15, 0.2) is 28.1 Å². The number of ether oxygens (including phenoxy) is 2. The van der Waals surface area contributed by atoms with Crippen molar-refractivity contribution in [3.63, 3.8) is 0 Å². The summed E-state index contributed by atoms with van der Waals surface area (Å²) in [6, 6.07) is 5.96. The highest BCUT2D eigenvalue weighted by atomic mass is 79.9. The van der Waals surface area contributed by atoms with Gasteiger partial charge in [-0.1, -0.05) is 15.9 Å². The average Bonchev–Trinajstić information content (AvgIpc) is 2.86. The fourth-order valence-electron chi connectivity index (χ4n) is 2.08. The van der Waals surface area contributed by atoms with Crippen LogP contribution in [0.1, 0.15) is 12.5 Å². The molecule has 1 heterocycles. The van der Waals surface area contributed by atoms with Crippen LogP contribution in [0.2, 0.25) is 0 Å². The minimum atomic E-state index is -0.924. The molecule has 1 unspecified atom stereocenters. The van der Waals surface area contributed by atoms with Crippen LogP contribution in [0.5, 0.6) is 0 Å². The van der Waals surface area contributed by atoms with E-state index in [2.05, 4.69) is 15.9 Å². The number of thiophene rings is 1. The van der Waals surface area contributed by atoms with Gasteiger partial charge in [0, 0.05) is 9.17 Å². The van der Waals surface area contributed by atoms with Gasteiger partial charge in [-0.3, -0.25) is 9.59 Å². The first-order valence-corrected chi connectivity index (χ1v) is 8.14. The summed E-state index contributed by atoms with van der Waals surface area (Å²) in [5.41, 5.74) is 0.944. The quantitative estimate of drug-likeness (QED) is 0.596. The first kappa shape index (κ1) is 16.0. The van der Waals surface area contributed by atoms with Crippen molar-refractivity contribution < 1.29 is 19.1 Å². The number of methoxy groups -OCH3 is 1. The maximum absolute atomic E-state index is 11.9. The Balaban J connectivity index is 2.32. The third-order valence-corrected chi connectivity index (χ3v) is 4.60. The summed E-state index contributed by atoms with van der Waals surface area (Å²) in [6.07, 6.45) is 0.280. The molecule has 0 aliphatic heterocycles. The second-order valence-corrected chi connectivity index (χ2v) is 6.26. The maximum Gasteiger partial charge on any atom is 0.320 e. The van der Waals surface area contributed by atoms with Crippen LogP contribution >= 0.6 is 27.3 Å². The molecule has 2 rings (SSSR count). The topological polar surface area (TPSA) is 52.6 Å². The summed E-state index contributed by atoms with van der Waals surface area (Å²) in [6.45, 7) is 1.95. The van der Waals surface area contributed by atoms with E-state index in [1.54, 1.807) is 18.3 Å². The second kappa shape index (κ2) is 7.04. The molecule has 0 saturated heterocycles. The van der Waals surface area contributed by atoms with Gasteiger partial charge in [0.05, 0.1) is 13.7 Å². The number of hydrogen-bond acceptors (Lipinski definition) is 5. The van der Waals surface area contributed by atoms with Crippen molar-refractivity contribution in [2.75, 3.05) is 13.7 Å². The fraction of sp³-hybridized carbons (Fsp3) is 0.333. The van der Waals surface area contributed by atoms with Crippen LogP contribution < -0.4 is 0 Å². The zero-order valence-corrected chi connectivity index (χ0v) is 14.1. The molecular weight excluding hydrogens is 356 g/mol. The van der Waals surface area contributed by atoms with Crippen LogP contribution in [0.4, 0.5) is 0 Å². The van der Waals surface area contributed by atoms with Crippen LogP contribution in [0, 0.1) is 5.92 Å². The van der Waals surface area contributed by atoms with Gasteiger partial charge in [0.2, 0.25) is 0 Å². The SMILES string of the molecule is CCOC(=O)C(Cc1csc2ccc(Br)cc12)C(=O)OC. The molecule has 0 spiro atoms. The molecule has 4 nitrogen and oxygen atoms in total. The number of esters is 2. The average molecular weight is 371 g/mol. The summed E-state index contributed by atoms with van der Waals surface area (Å²) in [7, 11) is 1.27. The van der Waals surface area contributed by atoms with E-state index in [-0.39, 0.29) is 13.0 Å². The third kappa shape index (κ3) is 3.63. The molecule has 0 N–H and O–H groups in total. The second-order valence-electron chi connectivity index (χ2n) is 4.43. The Bertz CT molecular complexity index is 665. The Morgan fingerprint density at radius 3 is 2.76 bits per heavy atom. The first-order valence-electron chi connectivity index (χ1n) is 6.47. The summed E-state index contributed by atoms with van der Waals surface area (Å²) in [5.74, 6) is -2.03. The van der Waals surface area contributed by atoms with Gasteiger partial charge in [-0.05, 0) is 47.9 Å². The number of hydrogen-bond donors (Lipinski definition) is 0. The predicted molar refractivity (Wildman–Crippen MR) is 85.4 cm³/mol. The summed E-state index contributed by atoms with van der Waals surface area (Å²) < 4.78 is 11.8. The highest BCUT2D eigenvalue weighted by Crippen LogP contribution is 2.30. The lowest BCUT2D eigenvalue weighted by Crippen LogP contribution is -2.29. The molecule has 2 aromatic rings. The Morgan fingerprint density at radius 2 is 2.10 bits per heavy atom. The van der Waals surface area contributed by atoms with Crippen LogP contribution in [-0.2, 0) is 25.5 Å². The van der Waals surface area contributed by atoms with E-state index >= 15 is 0 Å². The number of carbonyl (C=O) groups excluding carboxylic acids is 2. The van der Waals surface area contributed by atoms with Crippen molar-refractivity contribution in [3.05, 3.63) is 33.6 Å². The monoisotopic (exact) mass is 370 g/mol. The number of halogens is 1. The first-order chi connectivity index (χ1) is 10.1. The van der Waals surface area contributed by atoms with Gasteiger partial charge in [-0.25, -0.2) is 0 Å². The van der Waals surface area contributed by atoms with Crippen molar-refractivity contribution in [2.24, 2.45) is 5.92 Å². The van der Waals surface area contributed by atoms with E-state index in [1.165, 1.54) is 7.11 Å². The highest BCUT2D eigenvalue weighted by molar-refractivity contribution is 9.10. The fourth-order valence-corrected chi connectivity index (χ4v) is 3.40. The zero-order chi connectivity index (χ0) is 15.4. The van der Waals surface area contributed by atoms with Crippen molar-refractivity contribution in [1.82, 2.24) is 0 Å². The molecule has 0 aliphatic carbocycles. The van der Waals surface area contributed by atoms with E-state index in [0.717, 1.165) is 20.1 Å². The van der Waals surface area contributed by atoms with Crippen LogP contribution in [0.3, 0.4) is 0 Å². The van der Waals surface area contributed by atoms with Crippen LogP contribution in [-0.4, -0.2) is 25.7 Å². The molecule has 0 amide bonds. The minimum Gasteiger partial charge on any atom is -0.468 e. The molecule has 112 valence electrons.